The lowest BCUT2D eigenvalue weighted by atomic mass is 10.0. The number of nitrogens with one attached hydrogen (secondary N) is 3. The first-order valence-corrected chi connectivity index (χ1v) is 7.22. The standard InChI is InChI=1S/C15H21N3O3/c1-3-16-15(20)18-14(19)10(2)21-12-7-6-11-5-4-8-17-13(11)9-12/h6-7,9-10,17H,3-5,8H2,1-2H3,(H2,16,18,19,20). The second-order valence-corrected chi connectivity index (χ2v) is 4.96. The number of carbonyl (C=O) groups is 2. The van der Waals surface area contributed by atoms with Crippen LogP contribution in [0.3, 0.4) is 0 Å². The zero-order valence-electron chi connectivity index (χ0n) is 12.4. The van der Waals surface area contributed by atoms with Crippen LogP contribution in [0.15, 0.2) is 18.2 Å². The van der Waals surface area contributed by atoms with Crippen LogP contribution in [0, 0.1) is 0 Å². The predicted octanol–water partition coefficient (Wildman–Crippen LogP) is 1.66. The van der Waals surface area contributed by atoms with Crippen LogP contribution in [0.5, 0.6) is 5.75 Å². The Hall–Kier alpha value is -2.24. The minimum absolute atomic E-state index is 0.463. The van der Waals surface area contributed by atoms with Gasteiger partial charge in [0.1, 0.15) is 5.75 Å². The molecule has 1 aromatic carbocycles. The zero-order valence-corrected chi connectivity index (χ0v) is 12.4. The summed E-state index contributed by atoms with van der Waals surface area (Å²) in [7, 11) is 0. The molecule has 6 nitrogen and oxygen atoms in total. The molecule has 0 bridgehead atoms. The van der Waals surface area contributed by atoms with Crippen molar-refractivity contribution in [1.82, 2.24) is 10.6 Å². The van der Waals surface area contributed by atoms with Crippen molar-refractivity contribution in [2.24, 2.45) is 0 Å². The number of urea groups is 1. The molecule has 0 saturated carbocycles. The van der Waals surface area contributed by atoms with E-state index in [0.717, 1.165) is 25.1 Å². The molecule has 2 rings (SSSR count). The first-order valence-electron chi connectivity index (χ1n) is 7.22. The van der Waals surface area contributed by atoms with E-state index in [-0.39, 0.29) is 0 Å². The van der Waals surface area contributed by atoms with Crippen molar-refractivity contribution in [3.8, 4) is 5.75 Å². The lowest BCUT2D eigenvalue weighted by Crippen LogP contribution is -2.45. The largest absolute Gasteiger partial charge is 0.481 e. The van der Waals surface area contributed by atoms with Gasteiger partial charge in [0, 0.05) is 24.8 Å². The fourth-order valence-corrected chi connectivity index (χ4v) is 2.19. The third kappa shape index (κ3) is 4.11. The maximum absolute atomic E-state index is 11.8. The van der Waals surface area contributed by atoms with Gasteiger partial charge in [-0.2, -0.15) is 0 Å². The molecule has 0 aliphatic carbocycles. The number of carbonyl (C=O) groups excluding carboxylic acids is 2. The van der Waals surface area contributed by atoms with Crippen molar-refractivity contribution in [3.05, 3.63) is 23.8 Å². The Morgan fingerprint density at radius 2 is 2.24 bits per heavy atom. The average Bonchev–Trinajstić information content (AvgIpc) is 2.47. The summed E-state index contributed by atoms with van der Waals surface area (Å²) in [5.41, 5.74) is 2.31. The maximum Gasteiger partial charge on any atom is 0.321 e. The number of benzene rings is 1. The van der Waals surface area contributed by atoms with Crippen LogP contribution in [0.1, 0.15) is 25.8 Å². The lowest BCUT2D eigenvalue weighted by molar-refractivity contribution is -0.126. The molecule has 0 saturated heterocycles. The molecule has 3 N–H and O–H groups in total. The van der Waals surface area contributed by atoms with Gasteiger partial charge in [0.2, 0.25) is 0 Å². The molecule has 0 radical (unpaired) electrons. The van der Waals surface area contributed by atoms with Gasteiger partial charge in [-0.15, -0.1) is 0 Å². The first-order chi connectivity index (χ1) is 10.1. The highest BCUT2D eigenvalue weighted by Crippen LogP contribution is 2.27. The highest BCUT2D eigenvalue weighted by atomic mass is 16.5. The molecule has 3 amide bonds. The van der Waals surface area contributed by atoms with E-state index in [2.05, 4.69) is 16.0 Å². The number of imide groups is 1. The van der Waals surface area contributed by atoms with Crippen LogP contribution in [0.4, 0.5) is 10.5 Å². The summed E-state index contributed by atoms with van der Waals surface area (Å²) in [5.74, 6) is 0.147. The number of hydrogen-bond acceptors (Lipinski definition) is 4. The van der Waals surface area contributed by atoms with Crippen LogP contribution in [-0.4, -0.2) is 31.1 Å². The van der Waals surface area contributed by atoms with Crippen LogP contribution in [0.2, 0.25) is 0 Å². The molecule has 1 atom stereocenters. The number of fused-ring (bicyclic) bond motifs is 1. The van der Waals surface area contributed by atoms with Crippen LogP contribution < -0.4 is 20.7 Å². The Morgan fingerprint density at radius 1 is 1.43 bits per heavy atom. The molecular weight excluding hydrogens is 270 g/mol. The minimum Gasteiger partial charge on any atom is -0.481 e. The summed E-state index contributed by atoms with van der Waals surface area (Å²) in [6, 6.07) is 5.24. The molecule has 21 heavy (non-hydrogen) atoms. The first kappa shape index (κ1) is 15.2. The van der Waals surface area contributed by atoms with Crippen molar-refractivity contribution in [2.75, 3.05) is 18.4 Å². The topological polar surface area (TPSA) is 79.5 Å². The highest BCUT2D eigenvalue weighted by molar-refractivity contribution is 5.96. The smallest absolute Gasteiger partial charge is 0.321 e. The molecule has 1 aliphatic heterocycles. The van der Waals surface area contributed by atoms with E-state index >= 15 is 0 Å². The average molecular weight is 291 g/mol. The third-order valence-corrected chi connectivity index (χ3v) is 3.28. The summed E-state index contributed by atoms with van der Waals surface area (Å²) in [6.45, 7) is 4.81. The van der Waals surface area contributed by atoms with Gasteiger partial charge < -0.3 is 15.4 Å². The van der Waals surface area contributed by atoms with Crippen molar-refractivity contribution in [3.63, 3.8) is 0 Å². The SMILES string of the molecule is CCNC(=O)NC(=O)C(C)Oc1ccc2c(c1)NCCC2. The Balaban J connectivity index is 1.94. The van der Waals surface area contributed by atoms with Gasteiger partial charge in [-0.25, -0.2) is 4.79 Å². The monoisotopic (exact) mass is 291 g/mol. The van der Waals surface area contributed by atoms with E-state index in [1.807, 2.05) is 18.2 Å². The molecular formula is C15H21N3O3. The molecule has 6 heteroatoms. The van der Waals surface area contributed by atoms with E-state index in [1.165, 1.54) is 5.56 Å². The molecule has 1 aromatic rings. The van der Waals surface area contributed by atoms with Crippen LogP contribution in [0.25, 0.3) is 0 Å². The highest BCUT2D eigenvalue weighted by Gasteiger charge is 2.18. The van der Waals surface area contributed by atoms with E-state index in [9.17, 15) is 9.59 Å². The minimum atomic E-state index is -0.741. The maximum atomic E-state index is 11.8. The zero-order chi connectivity index (χ0) is 15.2. The summed E-state index contributed by atoms with van der Waals surface area (Å²) in [4.78, 5) is 23.1. The normalized spacial score (nSPS) is 14.4. The molecule has 0 fully saturated rings. The molecule has 0 aromatic heterocycles. The summed E-state index contributed by atoms with van der Waals surface area (Å²) >= 11 is 0. The van der Waals surface area contributed by atoms with E-state index in [1.54, 1.807) is 13.8 Å². The molecule has 1 aliphatic rings. The van der Waals surface area contributed by atoms with E-state index in [0.29, 0.717) is 12.3 Å². The van der Waals surface area contributed by atoms with Crippen molar-refractivity contribution >= 4 is 17.6 Å². The number of amides is 3. The second kappa shape index (κ2) is 6.97. The van der Waals surface area contributed by atoms with Gasteiger partial charge >= 0.3 is 6.03 Å². The Morgan fingerprint density at radius 3 is 3.00 bits per heavy atom. The number of hydrogen-bond donors (Lipinski definition) is 3. The summed E-state index contributed by atoms with van der Waals surface area (Å²) in [6.07, 6.45) is 1.43. The number of ether oxygens (including phenoxy) is 1. The van der Waals surface area contributed by atoms with Crippen molar-refractivity contribution < 1.29 is 14.3 Å². The quantitative estimate of drug-likeness (QED) is 0.788. The Bertz CT molecular complexity index is 531. The van der Waals surface area contributed by atoms with E-state index in [4.69, 9.17) is 4.74 Å². The van der Waals surface area contributed by atoms with Gasteiger partial charge in [-0.05, 0) is 38.3 Å². The molecule has 1 unspecified atom stereocenters. The lowest BCUT2D eigenvalue weighted by Gasteiger charge is -2.20. The van der Waals surface area contributed by atoms with Crippen molar-refractivity contribution in [1.29, 1.82) is 0 Å². The third-order valence-electron chi connectivity index (χ3n) is 3.28. The molecule has 0 spiro atoms. The fraction of sp³-hybridized carbons (Fsp3) is 0.467. The Kier molecular flexibility index (Phi) is 5.03. The van der Waals surface area contributed by atoms with Crippen LogP contribution in [-0.2, 0) is 11.2 Å². The van der Waals surface area contributed by atoms with Gasteiger partial charge in [-0.3, -0.25) is 10.1 Å². The summed E-state index contributed by atoms with van der Waals surface area (Å²) < 4.78 is 5.59. The number of rotatable bonds is 4. The van der Waals surface area contributed by atoms with E-state index < -0.39 is 18.0 Å². The predicted molar refractivity (Wildman–Crippen MR) is 80.6 cm³/mol. The molecule has 1 heterocycles. The van der Waals surface area contributed by atoms with Gasteiger partial charge in [0.25, 0.3) is 5.91 Å². The van der Waals surface area contributed by atoms with Gasteiger partial charge in [0.05, 0.1) is 0 Å². The van der Waals surface area contributed by atoms with Gasteiger partial charge in [-0.1, -0.05) is 6.07 Å². The number of aryl methyl sites for hydroxylation is 1. The van der Waals surface area contributed by atoms with Gasteiger partial charge in [0.15, 0.2) is 6.10 Å². The van der Waals surface area contributed by atoms with Crippen LogP contribution >= 0.6 is 0 Å². The second-order valence-electron chi connectivity index (χ2n) is 4.96. The van der Waals surface area contributed by atoms with Crippen molar-refractivity contribution in [2.45, 2.75) is 32.8 Å². The molecule has 114 valence electrons. The summed E-state index contributed by atoms with van der Waals surface area (Å²) in [5, 5.41) is 8.04. The fourth-order valence-electron chi connectivity index (χ4n) is 2.19. The Labute approximate surface area is 124 Å². The number of anilines is 1.